The summed E-state index contributed by atoms with van der Waals surface area (Å²) >= 11 is 5.94. The molecule has 2 heterocycles. The quantitative estimate of drug-likeness (QED) is 0.940. The van der Waals surface area contributed by atoms with Crippen LogP contribution in [0.2, 0.25) is 5.02 Å². The molecule has 4 heteroatoms. The van der Waals surface area contributed by atoms with Crippen LogP contribution < -0.4 is 5.32 Å². The maximum absolute atomic E-state index is 5.94. The van der Waals surface area contributed by atoms with Crippen molar-refractivity contribution in [2.75, 3.05) is 6.54 Å². The van der Waals surface area contributed by atoms with E-state index in [0.717, 1.165) is 54.5 Å². The van der Waals surface area contributed by atoms with Crippen LogP contribution in [0, 0.1) is 0 Å². The molecule has 1 aliphatic rings. The molecule has 0 saturated heterocycles. The minimum absolute atomic E-state index is 0.738. The van der Waals surface area contributed by atoms with Crippen LogP contribution in [0.15, 0.2) is 24.3 Å². The summed E-state index contributed by atoms with van der Waals surface area (Å²) in [7, 11) is 0. The Morgan fingerprint density at radius 1 is 1.20 bits per heavy atom. The molecule has 1 aromatic heterocycles. The first kappa shape index (κ1) is 13.5. The Morgan fingerprint density at radius 2 is 2.00 bits per heavy atom. The molecule has 0 fully saturated rings. The van der Waals surface area contributed by atoms with Crippen molar-refractivity contribution in [2.24, 2.45) is 0 Å². The molecule has 0 saturated carbocycles. The second kappa shape index (κ2) is 5.90. The van der Waals surface area contributed by atoms with Gasteiger partial charge in [-0.3, -0.25) is 0 Å². The standard InChI is InChI=1S/C16H18ClN3/c1-2-3-14-13-8-9-18-10-15(13)20-16(19-14)11-4-6-12(17)7-5-11/h4-7,18H,2-3,8-10H2,1H3. The number of fused-ring (bicyclic) bond motifs is 1. The Kier molecular flexibility index (Phi) is 3.99. The van der Waals surface area contributed by atoms with Gasteiger partial charge in [-0.15, -0.1) is 0 Å². The van der Waals surface area contributed by atoms with E-state index in [1.54, 1.807) is 0 Å². The van der Waals surface area contributed by atoms with Gasteiger partial charge in [0.15, 0.2) is 5.82 Å². The molecule has 1 N–H and O–H groups in total. The first-order chi connectivity index (χ1) is 9.78. The first-order valence-electron chi connectivity index (χ1n) is 7.13. The summed E-state index contributed by atoms with van der Waals surface area (Å²) in [5.74, 6) is 0.813. The second-order valence-corrected chi connectivity index (χ2v) is 5.54. The van der Waals surface area contributed by atoms with E-state index in [0.29, 0.717) is 0 Å². The summed E-state index contributed by atoms with van der Waals surface area (Å²) in [5, 5.41) is 4.12. The molecule has 1 aliphatic heterocycles. The summed E-state index contributed by atoms with van der Waals surface area (Å²) in [4.78, 5) is 9.53. The molecule has 2 aromatic rings. The molecule has 0 atom stereocenters. The number of halogens is 1. The largest absolute Gasteiger partial charge is 0.311 e. The Balaban J connectivity index is 2.07. The first-order valence-corrected chi connectivity index (χ1v) is 7.51. The van der Waals surface area contributed by atoms with E-state index in [9.17, 15) is 0 Å². The zero-order valence-electron chi connectivity index (χ0n) is 11.6. The van der Waals surface area contributed by atoms with Crippen LogP contribution >= 0.6 is 11.6 Å². The molecular formula is C16H18ClN3. The van der Waals surface area contributed by atoms with Crippen molar-refractivity contribution in [3.8, 4) is 11.4 Å². The van der Waals surface area contributed by atoms with Crippen molar-refractivity contribution in [1.29, 1.82) is 0 Å². The number of hydrogen-bond donors (Lipinski definition) is 1. The van der Waals surface area contributed by atoms with Crippen molar-refractivity contribution < 1.29 is 0 Å². The fourth-order valence-corrected chi connectivity index (χ4v) is 2.73. The fourth-order valence-electron chi connectivity index (χ4n) is 2.61. The summed E-state index contributed by atoms with van der Waals surface area (Å²) in [5.41, 5.74) is 4.74. The normalized spacial score (nSPS) is 14.1. The lowest BCUT2D eigenvalue weighted by atomic mass is 10.0. The number of aromatic nitrogens is 2. The zero-order chi connectivity index (χ0) is 13.9. The topological polar surface area (TPSA) is 37.8 Å². The smallest absolute Gasteiger partial charge is 0.159 e. The number of nitrogens with one attached hydrogen (secondary N) is 1. The zero-order valence-corrected chi connectivity index (χ0v) is 12.4. The molecule has 0 radical (unpaired) electrons. The van der Waals surface area contributed by atoms with Crippen LogP contribution in [0.3, 0.4) is 0 Å². The van der Waals surface area contributed by atoms with Crippen LogP contribution in [0.4, 0.5) is 0 Å². The van der Waals surface area contributed by atoms with Gasteiger partial charge in [0.1, 0.15) is 0 Å². The summed E-state index contributed by atoms with van der Waals surface area (Å²) in [6, 6.07) is 7.74. The monoisotopic (exact) mass is 287 g/mol. The summed E-state index contributed by atoms with van der Waals surface area (Å²) in [6.45, 7) is 4.06. The van der Waals surface area contributed by atoms with Crippen LogP contribution in [0.5, 0.6) is 0 Å². The van der Waals surface area contributed by atoms with Gasteiger partial charge in [-0.1, -0.05) is 24.9 Å². The molecule has 3 rings (SSSR count). The van der Waals surface area contributed by atoms with Crippen molar-refractivity contribution in [3.63, 3.8) is 0 Å². The van der Waals surface area contributed by atoms with Gasteiger partial charge < -0.3 is 5.32 Å². The molecule has 0 unspecified atom stereocenters. The van der Waals surface area contributed by atoms with Gasteiger partial charge in [-0.25, -0.2) is 9.97 Å². The third-order valence-electron chi connectivity index (χ3n) is 3.61. The minimum Gasteiger partial charge on any atom is -0.311 e. The Bertz CT molecular complexity index is 608. The highest BCUT2D eigenvalue weighted by Crippen LogP contribution is 2.23. The SMILES string of the molecule is CCCc1nc(-c2ccc(Cl)cc2)nc2c1CCNC2. The van der Waals surface area contributed by atoms with Gasteiger partial charge in [0.25, 0.3) is 0 Å². The molecule has 0 amide bonds. The molecule has 20 heavy (non-hydrogen) atoms. The molecule has 0 aliphatic carbocycles. The van der Waals surface area contributed by atoms with Gasteiger partial charge in [0.05, 0.1) is 5.69 Å². The molecule has 3 nitrogen and oxygen atoms in total. The van der Waals surface area contributed by atoms with Crippen LogP contribution in [0.1, 0.15) is 30.3 Å². The Hall–Kier alpha value is -1.45. The minimum atomic E-state index is 0.738. The van der Waals surface area contributed by atoms with Crippen molar-refractivity contribution in [1.82, 2.24) is 15.3 Å². The lowest BCUT2D eigenvalue weighted by Gasteiger charge is -2.20. The average Bonchev–Trinajstić information content (AvgIpc) is 2.48. The van der Waals surface area contributed by atoms with Gasteiger partial charge >= 0.3 is 0 Å². The predicted octanol–water partition coefficient (Wildman–Crippen LogP) is 3.40. The fraction of sp³-hybridized carbons (Fsp3) is 0.375. The molecule has 0 bridgehead atoms. The van der Waals surface area contributed by atoms with E-state index < -0.39 is 0 Å². The molecule has 0 spiro atoms. The van der Waals surface area contributed by atoms with Gasteiger partial charge in [0, 0.05) is 22.8 Å². The highest BCUT2D eigenvalue weighted by Gasteiger charge is 2.17. The van der Waals surface area contributed by atoms with E-state index in [-0.39, 0.29) is 0 Å². The number of nitrogens with zero attached hydrogens (tertiary/aromatic N) is 2. The van der Waals surface area contributed by atoms with Crippen molar-refractivity contribution in [2.45, 2.75) is 32.7 Å². The third-order valence-corrected chi connectivity index (χ3v) is 3.86. The van der Waals surface area contributed by atoms with E-state index in [1.165, 1.54) is 11.3 Å². The van der Waals surface area contributed by atoms with Crippen LogP contribution in [0.25, 0.3) is 11.4 Å². The van der Waals surface area contributed by atoms with Crippen molar-refractivity contribution >= 4 is 11.6 Å². The maximum Gasteiger partial charge on any atom is 0.159 e. The second-order valence-electron chi connectivity index (χ2n) is 5.10. The van der Waals surface area contributed by atoms with Crippen LogP contribution in [-0.4, -0.2) is 16.5 Å². The van der Waals surface area contributed by atoms with Crippen LogP contribution in [-0.2, 0) is 19.4 Å². The molecule has 104 valence electrons. The van der Waals surface area contributed by atoms with E-state index in [4.69, 9.17) is 21.6 Å². The number of hydrogen-bond acceptors (Lipinski definition) is 3. The highest BCUT2D eigenvalue weighted by molar-refractivity contribution is 6.30. The Morgan fingerprint density at radius 3 is 2.75 bits per heavy atom. The molecule has 1 aromatic carbocycles. The highest BCUT2D eigenvalue weighted by atomic mass is 35.5. The third kappa shape index (κ3) is 2.69. The summed E-state index contributed by atoms with van der Waals surface area (Å²) < 4.78 is 0. The van der Waals surface area contributed by atoms with Gasteiger partial charge in [0.2, 0.25) is 0 Å². The maximum atomic E-state index is 5.94. The number of rotatable bonds is 3. The predicted molar refractivity (Wildman–Crippen MR) is 81.9 cm³/mol. The Labute approximate surface area is 124 Å². The van der Waals surface area contributed by atoms with E-state index in [2.05, 4.69) is 12.2 Å². The van der Waals surface area contributed by atoms with Crippen molar-refractivity contribution in [3.05, 3.63) is 46.2 Å². The van der Waals surface area contributed by atoms with Gasteiger partial charge in [-0.05, 0) is 49.2 Å². The lowest BCUT2D eigenvalue weighted by molar-refractivity contribution is 0.614. The number of benzene rings is 1. The average molecular weight is 288 g/mol. The lowest BCUT2D eigenvalue weighted by Crippen LogP contribution is -2.26. The number of aryl methyl sites for hydroxylation is 1. The summed E-state index contributed by atoms with van der Waals surface area (Å²) in [6.07, 6.45) is 3.16. The van der Waals surface area contributed by atoms with E-state index in [1.807, 2.05) is 24.3 Å². The van der Waals surface area contributed by atoms with Gasteiger partial charge in [-0.2, -0.15) is 0 Å². The molecular weight excluding hydrogens is 270 g/mol. The van der Waals surface area contributed by atoms with E-state index >= 15 is 0 Å².